The number of hydrogen-bond acceptors (Lipinski definition) is 7. The summed E-state index contributed by atoms with van der Waals surface area (Å²) in [5, 5.41) is 7.31. The Kier molecular flexibility index (Phi) is 5.50. The molecule has 0 spiro atoms. The highest BCUT2D eigenvalue weighted by Gasteiger charge is 2.24. The third-order valence-electron chi connectivity index (χ3n) is 5.32. The fourth-order valence-electron chi connectivity index (χ4n) is 3.95. The van der Waals surface area contributed by atoms with E-state index < -0.39 is 0 Å². The highest BCUT2D eigenvalue weighted by Crippen LogP contribution is 2.31. The molecule has 0 radical (unpaired) electrons. The topological polar surface area (TPSA) is 92.3 Å². The molecule has 1 amide bonds. The van der Waals surface area contributed by atoms with Crippen LogP contribution in [-0.4, -0.2) is 53.1 Å². The quantitative estimate of drug-likeness (QED) is 0.688. The van der Waals surface area contributed by atoms with Crippen molar-refractivity contribution in [3.8, 4) is 6.01 Å². The number of aromatic nitrogens is 3. The number of nitrogens with one attached hydrogen (secondary N) is 2. The molecule has 4 rings (SSSR count). The van der Waals surface area contributed by atoms with Gasteiger partial charge in [-0.3, -0.25) is 9.78 Å². The van der Waals surface area contributed by atoms with E-state index in [-0.39, 0.29) is 11.9 Å². The lowest BCUT2D eigenvalue weighted by atomic mass is 10.0. The summed E-state index contributed by atoms with van der Waals surface area (Å²) in [6.07, 6.45) is 5.07. The van der Waals surface area contributed by atoms with Gasteiger partial charge in [-0.2, -0.15) is 4.98 Å². The van der Waals surface area contributed by atoms with Crippen molar-refractivity contribution in [2.75, 3.05) is 30.4 Å². The molecule has 3 heterocycles. The molecule has 2 aromatic heterocycles. The first kappa shape index (κ1) is 20.0. The molecule has 1 fully saturated rings. The van der Waals surface area contributed by atoms with Crippen molar-refractivity contribution in [1.29, 1.82) is 0 Å². The second kappa shape index (κ2) is 8.23. The van der Waals surface area contributed by atoms with E-state index in [0.717, 1.165) is 29.7 Å². The van der Waals surface area contributed by atoms with E-state index in [4.69, 9.17) is 4.74 Å². The van der Waals surface area contributed by atoms with Gasteiger partial charge >= 0.3 is 6.01 Å². The summed E-state index contributed by atoms with van der Waals surface area (Å²) in [4.78, 5) is 28.3. The van der Waals surface area contributed by atoms with Crippen LogP contribution in [0, 0.1) is 6.92 Å². The predicted molar refractivity (Wildman–Crippen MR) is 117 cm³/mol. The molecule has 8 heteroatoms. The second-order valence-electron chi connectivity index (χ2n) is 7.77. The van der Waals surface area contributed by atoms with Gasteiger partial charge in [0.05, 0.1) is 30.1 Å². The van der Waals surface area contributed by atoms with Crippen LogP contribution in [0.4, 0.5) is 11.4 Å². The Morgan fingerprint density at radius 1 is 1.20 bits per heavy atom. The zero-order chi connectivity index (χ0) is 21.3. The summed E-state index contributed by atoms with van der Waals surface area (Å²) in [5.74, 6) is -0.245. The smallest absolute Gasteiger partial charge is 0.316 e. The molecule has 1 aromatic carbocycles. The Balaban J connectivity index is 1.77. The van der Waals surface area contributed by atoms with E-state index in [0.29, 0.717) is 28.9 Å². The van der Waals surface area contributed by atoms with Crippen LogP contribution < -0.4 is 20.3 Å². The van der Waals surface area contributed by atoms with Gasteiger partial charge in [-0.15, -0.1) is 0 Å². The molecule has 30 heavy (non-hydrogen) atoms. The number of aryl methyl sites for hydroxylation is 1. The lowest BCUT2D eigenvalue weighted by Crippen LogP contribution is -2.54. The van der Waals surface area contributed by atoms with E-state index in [1.165, 1.54) is 7.11 Å². The van der Waals surface area contributed by atoms with Gasteiger partial charge < -0.3 is 20.3 Å². The van der Waals surface area contributed by atoms with Gasteiger partial charge in [0.2, 0.25) is 0 Å². The fourth-order valence-corrected chi connectivity index (χ4v) is 3.95. The van der Waals surface area contributed by atoms with E-state index in [9.17, 15) is 4.79 Å². The summed E-state index contributed by atoms with van der Waals surface area (Å²) >= 11 is 0. The fraction of sp³-hybridized carbons (Fsp3) is 0.364. The zero-order valence-corrected chi connectivity index (χ0v) is 17.6. The molecule has 1 saturated heterocycles. The van der Waals surface area contributed by atoms with Crippen molar-refractivity contribution in [3.05, 3.63) is 47.9 Å². The van der Waals surface area contributed by atoms with Crippen molar-refractivity contribution in [2.45, 2.75) is 32.9 Å². The first-order valence-electron chi connectivity index (χ1n) is 10.0. The van der Waals surface area contributed by atoms with Crippen molar-refractivity contribution in [1.82, 2.24) is 20.3 Å². The number of rotatable bonds is 4. The monoisotopic (exact) mass is 406 g/mol. The number of nitrogens with zero attached hydrogens (tertiary/aromatic N) is 4. The number of benzene rings is 1. The number of pyridine rings is 1. The Hall–Kier alpha value is -3.26. The first-order chi connectivity index (χ1) is 14.5. The number of hydrogen-bond donors (Lipinski definition) is 2. The predicted octanol–water partition coefficient (Wildman–Crippen LogP) is 2.78. The third-order valence-corrected chi connectivity index (χ3v) is 5.32. The number of ether oxygens (including phenoxy) is 1. The SMILES string of the molecule is COc1ncc2c(N3C[C@@H](C)N[C@H](C)C3)ccc(C(=O)Nc3cnccc3C)c2n1. The highest BCUT2D eigenvalue weighted by atomic mass is 16.5. The first-order valence-corrected chi connectivity index (χ1v) is 10.0. The maximum atomic E-state index is 13.1. The lowest BCUT2D eigenvalue weighted by molar-refractivity contribution is 0.102. The van der Waals surface area contributed by atoms with Crippen molar-refractivity contribution >= 4 is 28.2 Å². The number of piperazine rings is 1. The van der Waals surface area contributed by atoms with Gasteiger partial charge in [0.1, 0.15) is 0 Å². The van der Waals surface area contributed by atoms with Gasteiger partial charge in [0.15, 0.2) is 0 Å². The number of fused-ring (bicyclic) bond motifs is 1. The van der Waals surface area contributed by atoms with Crippen LogP contribution in [0.1, 0.15) is 29.8 Å². The summed E-state index contributed by atoms with van der Waals surface area (Å²) in [6, 6.07) is 6.61. The molecule has 156 valence electrons. The number of carbonyl (C=O) groups excluding carboxylic acids is 1. The zero-order valence-electron chi connectivity index (χ0n) is 17.6. The van der Waals surface area contributed by atoms with Gasteiger partial charge in [-0.25, -0.2) is 4.98 Å². The van der Waals surface area contributed by atoms with E-state index in [2.05, 4.69) is 44.3 Å². The Morgan fingerprint density at radius 3 is 2.67 bits per heavy atom. The number of amides is 1. The maximum Gasteiger partial charge on any atom is 0.316 e. The van der Waals surface area contributed by atoms with Crippen LogP contribution in [-0.2, 0) is 0 Å². The van der Waals surface area contributed by atoms with E-state index >= 15 is 0 Å². The maximum absolute atomic E-state index is 13.1. The highest BCUT2D eigenvalue weighted by molar-refractivity contribution is 6.14. The number of carbonyl (C=O) groups is 1. The van der Waals surface area contributed by atoms with Crippen molar-refractivity contribution < 1.29 is 9.53 Å². The number of methoxy groups -OCH3 is 1. The van der Waals surface area contributed by atoms with Gasteiger partial charge in [-0.1, -0.05) is 0 Å². The Labute approximate surface area is 175 Å². The van der Waals surface area contributed by atoms with Crippen molar-refractivity contribution in [2.24, 2.45) is 0 Å². The van der Waals surface area contributed by atoms with Crippen LogP contribution in [0.15, 0.2) is 36.8 Å². The average Bonchev–Trinajstić information content (AvgIpc) is 2.73. The van der Waals surface area contributed by atoms with Crippen LogP contribution >= 0.6 is 0 Å². The largest absolute Gasteiger partial charge is 0.467 e. The molecule has 0 unspecified atom stereocenters. The Bertz CT molecular complexity index is 1080. The van der Waals surface area contributed by atoms with E-state index in [1.807, 2.05) is 25.1 Å². The van der Waals surface area contributed by atoms with Gasteiger partial charge in [-0.05, 0) is 44.5 Å². The second-order valence-corrected chi connectivity index (χ2v) is 7.77. The van der Waals surface area contributed by atoms with Crippen molar-refractivity contribution in [3.63, 3.8) is 0 Å². The average molecular weight is 406 g/mol. The molecule has 0 bridgehead atoms. The minimum Gasteiger partial charge on any atom is -0.467 e. The molecule has 0 saturated carbocycles. The van der Waals surface area contributed by atoms with Crippen LogP contribution in [0.2, 0.25) is 0 Å². The summed E-state index contributed by atoms with van der Waals surface area (Å²) in [7, 11) is 1.52. The van der Waals surface area contributed by atoms with E-state index in [1.54, 1.807) is 18.6 Å². The van der Waals surface area contributed by atoms with Gasteiger partial charge in [0.25, 0.3) is 5.91 Å². The summed E-state index contributed by atoms with van der Waals surface area (Å²) < 4.78 is 5.23. The van der Waals surface area contributed by atoms with Crippen LogP contribution in [0.25, 0.3) is 10.9 Å². The Morgan fingerprint density at radius 2 is 1.97 bits per heavy atom. The summed E-state index contributed by atoms with van der Waals surface area (Å²) in [6.45, 7) is 8.00. The minimum absolute atomic E-state index is 0.230. The molecule has 2 N–H and O–H groups in total. The molecule has 0 aliphatic carbocycles. The standard InChI is InChI=1S/C22H26N6O2/c1-13-7-8-23-10-18(13)26-21(29)16-5-6-19(28-11-14(2)25-15(3)12-28)17-9-24-22(30-4)27-20(16)17/h5-10,14-15,25H,11-12H2,1-4H3,(H,26,29)/t14-,15-/m1/s1. The van der Waals surface area contributed by atoms with Crippen LogP contribution in [0.3, 0.4) is 0 Å². The lowest BCUT2D eigenvalue weighted by Gasteiger charge is -2.38. The minimum atomic E-state index is -0.245. The summed E-state index contributed by atoms with van der Waals surface area (Å²) in [5.41, 5.74) is 3.66. The molecular weight excluding hydrogens is 380 g/mol. The molecular formula is C22H26N6O2. The molecule has 3 aromatic rings. The number of anilines is 2. The third kappa shape index (κ3) is 3.91. The van der Waals surface area contributed by atoms with Gasteiger partial charge in [0, 0.05) is 48.6 Å². The normalized spacial score (nSPS) is 19.0. The van der Waals surface area contributed by atoms with Crippen LogP contribution in [0.5, 0.6) is 6.01 Å². The molecule has 1 aliphatic heterocycles. The molecule has 1 aliphatic rings. The molecule has 8 nitrogen and oxygen atoms in total. The molecule has 2 atom stereocenters.